The van der Waals surface area contributed by atoms with Crippen LogP contribution >= 0.6 is 0 Å². The van der Waals surface area contributed by atoms with E-state index in [1.807, 2.05) is 0 Å². The maximum atomic E-state index is 12.0. The number of carbonyl (C=O) groups is 1. The van der Waals surface area contributed by atoms with Gasteiger partial charge in [0.2, 0.25) is 15.9 Å². The van der Waals surface area contributed by atoms with Crippen molar-refractivity contribution in [2.45, 2.75) is 17.5 Å². The Morgan fingerprint density at radius 3 is 2.48 bits per heavy atom. The fourth-order valence-corrected chi connectivity index (χ4v) is 2.07. The summed E-state index contributed by atoms with van der Waals surface area (Å²) in [5, 5.41) is 6.63. The molecule has 1 rings (SSSR count). The number of sulfonamides is 1. The highest BCUT2D eigenvalue weighted by molar-refractivity contribution is 7.89. The number of ether oxygens (including phenoxy) is 1. The highest BCUT2D eigenvalue weighted by Gasteiger charge is 2.27. The number of primary sulfonamides is 1. The number of benzene rings is 1. The zero-order valence-corrected chi connectivity index (χ0v) is 11.7. The minimum Gasteiger partial charge on any atom is -0.496 e. The van der Waals surface area contributed by atoms with Crippen molar-refractivity contribution in [2.75, 3.05) is 13.7 Å². The molecule has 0 fully saturated rings. The molecule has 0 aliphatic rings. The van der Waals surface area contributed by atoms with Crippen LogP contribution in [0.2, 0.25) is 0 Å². The zero-order chi connectivity index (χ0) is 16.3. The maximum absolute atomic E-state index is 12.0. The fourth-order valence-electron chi connectivity index (χ4n) is 1.50. The van der Waals surface area contributed by atoms with Gasteiger partial charge in [-0.3, -0.25) is 4.79 Å². The Hall–Kier alpha value is -1.81. The van der Waals surface area contributed by atoms with Crippen LogP contribution in [0.15, 0.2) is 23.1 Å². The van der Waals surface area contributed by atoms with E-state index in [9.17, 15) is 26.4 Å². The van der Waals surface area contributed by atoms with Gasteiger partial charge in [-0.1, -0.05) is 0 Å². The van der Waals surface area contributed by atoms with Gasteiger partial charge in [0, 0.05) is 5.56 Å². The van der Waals surface area contributed by atoms with E-state index in [2.05, 4.69) is 0 Å². The molecule has 0 aromatic heterocycles. The number of nitrogens with one attached hydrogen (secondary N) is 1. The average molecular weight is 326 g/mol. The molecular weight excluding hydrogens is 313 g/mol. The number of hydrogen-bond donors (Lipinski definition) is 2. The van der Waals surface area contributed by atoms with Gasteiger partial charge in [-0.05, 0) is 18.2 Å². The summed E-state index contributed by atoms with van der Waals surface area (Å²) < 4.78 is 63.3. The highest BCUT2D eigenvalue weighted by Crippen LogP contribution is 2.22. The Balaban J connectivity index is 2.93. The van der Waals surface area contributed by atoms with Crippen LogP contribution in [0.4, 0.5) is 13.2 Å². The minimum absolute atomic E-state index is 0.115. The third-order valence-corrected chi connectivity index (χ3v) is 3.33. The van der Waals surface area contributed by atoms with E-state index in [1.54, 1.807) is 5.32 Å². The summed E-state index contributed by atoms with van der Waals surface area (Å²) in [6, 6.07) is 3.53. The molecule has 1 aromatic carbocycles. The third kappa shape index (κ3) is 5.60. The molecule has 0 spiro atoms. The van der Waals surface area contributed by atoms with E-state index in [4.69, 9.17) is 9.88 Å². The topological polar surface area (TPSA) is 98.5 Å². The first-order valence-corrected chi connectivity index (χ1v) is 7.11. The van der Waals surface area contributed by atoms with Crippen molar-refractivity contribution in [3.63, 3.8) is 0 Å². The Morgan fingerprint density at radius 1 is 1.38 bits per heavy atom. The van der Waals surface area contributed by atoms with E-state index in [1.165, 1.54) is 19.2 Å². The molecule has 6 nitrogen and oxygen atoms in total. The Labute approximate surface area is 119 Å². The fraction of sp³-hybridized carbons (Fsp3) is 0.364. The van der Waals surface area contributed by atoms with E-state index >= 15 is 0 Å². The van der Waals surface area contributed by atoms with Gasteiger partial charge in [-0.2, -0.15) is 13.2 Å². The first-order chi connectivity index (χ1) is 9.53. The van der Waals surface area contributed by atoms with Crippen LogP contribution in [0.25, 0.3) is 0 Å². The Kier molecular flexibility index (Phi) is 5.18. The second-order valence-electron chi connectivity index (χ2n) is 4.09. The molecule has 0 atom stereocenters. The predicted octanol–water partition coefficient (Wildman–Crippen LogP) is 0.564. The molecule has 0 bridgehead atoms. The summed E-state index contributed by atoms with van der Waals surface area (Å²) >= 11 is 0. The van der Waals surface area contributed by atoms with Gasteiger partial charge in [-0.15, -0.1) is 0 Å². The number of nitrogens with two attached hydrogens (primary N) is 1. The zero-order valence-electron chi connectivity index (χ0n) is 10.9. The summed E-state index contributed by atoms with van der Waals surface area (Å²) in [5.74, 6) is -0.748. The van der Waals surface area contributed by atoms with E-state index in [0.717, 1.165) is 6.07 Å². The molecule has 0 aliphatic carbocycles. The van der Waals surface area contributed by atoms with Crippen LogP contribution in [-0.2, 0) is 21.2 Å². The van der Waals surface area contributed by atoms with Gasteiger partial charge >= 0.3 is 6.18 Å². The van der Waals surface area contributed by atoms with E-state index < -0.39 is 35.1 Å². The minimum atomic E-state index is -4.53. The van der Waals surface area contributed by atoms with Crippen molar-refractivity contribution in [3.05, 3.63) is 23.8 Å². The van der Waals surface area contributed by atoms with Gasteiger partial charge in [-0.25, -0.2) is 13.6 Å². The summed E-state index contributed by atoms with van der Waals surface area (Å²) in [6.45, 7) is -1.47. The first-order valence-electron chi connectivity index (χ1n) is 5.56. The quantitative estimate of drug-likeness (QED) is 0.826. The second kappa shape index (κ2) is 6.31. The van der Waals surface area contributed by atoms with Crippen LogP contribution in [-0.4, -0.2) is 34.2 Å². The second-order valence-corrected chi connectivity index (χ2v) is 5.65. The van der Waals surface area contributed by atoms with Gasteiger partial charge in [0.15, 0.2) is 0 Å². The van der Waals surface area contributed by atoms with E-state index in [-0.39, 0.29) is 16.2 Å². The molecule has 21 heavy (non-hydrogen) atoms. The number of amides is 1. The molecule has 10 heteroatoms. The largest absolute Gasteiger partial charge is 0.496 e. The molecule has 0 heterocycles. The van der Waals surface area contributed by atoms with Crippen molar-refractivity contribution in [1.29, 1.82) is 0 Å². The molecule has 0 radical (unpaired) electrons. The lowest BCUT2D eigenvalue weighted by Gasteiger charge is -2.11. The number of carbonyl (C=O) groups excluding carboxylic acids is 1. The lowest BCUT2D eigenvalue weighted by Crippen LogP contribution is -2.34. The van der Waals surface area contributed by atoms with Crippen LogP contribution in [0, 0.1) is 0 Å². The molecule has 0 saturated carbocycles. The molecule has 1 aromatic rings. The number of halogens is 3. The van der Waals surface area contributed by atoms with Gasteiger partial charge in [0.25, 0.3) is 0 Å². The molecule has 0 saturated heterocycles. The normalized spacial score (nSPS) is 12.0. The molecule has 0 unspecified atom stereocenters. The smallest absolute Gasteiger partial charge is 0.405 e. The molecule has 1 amide bonds. The lowest BCUT2D eigenvalue weighted by molar-refractivity contribution is -0.138. The van der Waals surface area contributed by atoms with Crippen LogP contribution in [0.1, 0.15) is 5.56 Å². The molecular formula is C11H13F3N2O4S. The summed E-state index contributed by atoms with van der Waals surface area (Å²) in [7, 11) is -2.71. The molecule has 0 aliphatic heterocycles. The highest BCUT2D eigenvalue weighted by atomic mass is 32.2. The molecule has 118 valence electrons. The van der Waals surface area contributed by atoms with Crippen LogP contribution < -0.4 is 15.2 Å². The van der Waals surface area contributed by atoms with E-state index in [0.29, 0.717) is 0 Å². The monoisotopic (exact) mass is 326 g/mol. The van der Waals surface area contributed by atoms with Crippen molar-refractivity contribution >= 4 is 15.9 Å². The number of rotatable bonds is 5. The summed E-state index contributed by atoms with van der Waals surface area (Å²) in [4.78, 5) is 11.2. The van der Waals surface area contributed by atoms with Crippen LogP contribution in [0.3, 0.4) is 0 Å². The first kappa shape index (κ1) is 17.2. The van der Waals surface area contributed by atoms with Gasteiger partial charge in [0.1, 0.15) is 12.3 Å². The lowest BCUT2D eigenvalue weighted by atomic mass is 10.1. The number of methoxy groups -OCH3 is 1. The van der Waals surface area contributed by atoms with Crippen LogP contribution in [0.5, 0.6) is 5.75 Å². The number of hydrogen-bond acceptors (Lipinski definition) is 4. The third-order valence-electron chi connectivity index (χ3n) is 2.42. The van der Waals surface area contributed by atoms with Gasteiger partial charge < -0.3 is 10.1 Å². The maximum Gasteiger partial charge on any atom is 0.405 e. The predicted molar refractivity (Wildman–Crippen MR) is 67.1 cm³/mol. The van der Waals surface area contributed by atoms with Crippen molar-refractivity contribution in [3.8, 4) is 5.75 Å². The Morgan fingerprint density at radius 2 is 2.00 bits per heavy atom. The Bertz CT molecular complexity index is 629. The standard InChI is InChI=1S/C11H13F3N2O4S/c1-20-9-3-2-8(21(15,18)19)4-7(9)5-10(17)16-6-11(12,13)14/h2-4H,5-6H2,1H3,(H,16,17)(H2,15,18,19). The summed E-state index contributed by atoms with van der Waals surface area (Å²) in [5.41, 5.74) is 0.115. The summed E-state index contributed by atoms with van der Waals surface area (Å²) in [6.07, 6.45) is -5.00. The van der Waals surface area contributed by atoms with Gasteiger partial charge in [0.05, 0.1) is 18.4 Å². The SMILES string of the molecule is COc1ccc(S(N)(=O)=O)cc1CC(=O)NCC(F)(F)F. The van der Waals surface area contributed by atoms with Crippen molar-refractivity contribution in [1.82, 2.24) is 5.32 Å². The van der Waals surface area contributed by atoms with Crippen molar-refractivity contribution < 1.29 is 31.1 Å². The number of alkyl halides is 3. The van der Waals surface area contributed by atoms with Crippen molar-refractivity contribution in [2.24, 2.45) is 5.14 Å². The molecule has 3 N–H and O–H groups in total. The average Bonchev–Trinajstić information content (AvgIpc) is 2.34.